The summed E-state index contributed by atoms with van der Waals surface area (Å²) < 4.78 is 51.6. The summed E-state index contributed by atoms with van der Waals surface area (Å²) in [6.07, 6.45) is -1.61. The highest BCUT2D eigenvalue weighted by Gasteiger charge is 2.32. The van der Waals surface area contributed by atoms with Gasteiger partial charge in [-0.25, -0.2) is 9.97 Å². The van der Waals surface area contributed by atoms with Crippen LogP contribution >= 0.6 is 11.3 Å². The number of nitrogens with one attached hydrogen (secondary N) is 2. The van der Waals surface area contributed by atoms with E-state index in [4.69, 9.17) is 5.73 Å². The molecule has 4 aromatic rings. The summed E-state index contributed by atoms with van der Waals surface area (Å²) in [6.45, 7) is 0.260. The van der Waals surface area contributed by atoms with Gasteiger partial charge < -0.3 is 16.4 Å². The number of benzene rings is 1. The SMILES string of the molecule is CNC(=O)c1nc(NCC(N)Cc2ccc(C(F)(F)F)nc2)sc1-c1ccc2cnc(F)cc2c1. The van der Waals surface area contributed by atoms with Crippen LogP contribution in [0.4, 0.5) is 22.7 Å². The van der Waals surface area contributed by atoms with E-state index in [1.165, 1.54) is 36.7 Å². The number of nitrogens with two attached hydrogens (primary N) is 1. The molecule has 0 saturated carbocycles. The Kier molecular flexibility index (Phi) is 6.94. The first kappa shape index (κ1) is 24.5. The summed E-state index contributed by atoms with van der Waals surface area (Å²) in [7, 11) is 1.49. The second-order valence-electron chi connectivity index (χ2n) is 7.74. The highest BCUT2D eigenvalue weighted by molar-refractivity contribution is 7.19. The number of aromatic nitrogens is 3. The molecule has 3 aromatic heterocycles. The number of fused-ring (bicyclic) bond motifs is 1. The molecule has 0 aliphatic carbocycles. The lowest BCUT2D eigenvalue weighted by molar-refractivity contribution is -0.141. The smallest absolute Gasteiger partial charge is 0.360 e. The third kappa shape index (κ3) is 5.72. The van der Waals surface area contributed by atoms with Gasteiger partial charge in [-0.15, -0.1) is 0 Å². The van der Waals surface area contributed by atoms with Crippen molar-refractivity contribution in [3.63, 3.8) is 0 Å². The van der Waals surface area contributed by atoms with Crippen molar-refractivity contribution < 1.29 is 22.4 Å². The molecule has 35 heavy (non-hydrogen) atoms. The molecule has 0 aliphatic rings. The van der Waals surface area contributed by atoms with Crippen molar-refractivity contribution in [1.29, 1.82) is 0 Å². The Morgan fingerprint density at radius 1 is 1.11 bits per heavy atom. The number of hydrogen-bond donors (Lipinski definition) is 3. The van der Waals surface area contributed by atoms with E-state index >= 15 is 0 Å². The van der Waals surface area contributed by atoms with Crippen LogP contribution < -0.4 is 16.4 Å². The standard InChI is InChI=1S/C23H20F4N6OS/c1-29-21(34)19-20(13-3-4-14-10-31-18(24)8-15(14)7-13)35-22(33-19)32-11-16(28)6-12-2-5-17(30-9-12)23(25,26)27/h2-5,7-10,16H,6,11,28H2,1H3,(H,29,34)(H,32,33). The predicted octanol–water partition coefficient (Wildman–Crippen LogP) is 4.25. The minimum Gasteiger partial charge on any atom is -0.360 e. The average molecular weight is 505 g/mol. The molecule has 0 fully saturated rings. The number of hydrogen-bond acceptors (Lipinski definition) is 7. The molecule has 0 saturated heterocycles. The maximum atomic E-state index is 13.6. The molecule has 1 atom stereocenters. The molecule has 182 valence electrons. The molecule has 7 nitrogen and oxygen atoms in total. The predicted molar refractivity (Wildman–Crippen MR) is 126 cm³/mol. The largest absolute Gasteiger partial charge is 0.433 e. The van der Waals surface area contributed by atoms with Gasteiger partial charge in [0.1, 0.15) is 11.4 Å². The van der Waals surface area contributed by atoms with E-state index < -0.39 is 23.9 Å². The van der Waals surface area contributed by atoms with Crippen LogP contribution in [0.1, 0.15) is 21.7 Å². The zero-order valence-corrected chi connectivity index (χ0v) is 19.2. The zero-order valence-electron chi connectivity index (χ0n) is 18.4. The number of anilines is 1. The molecule has 0 radical (unpaired) electrons. The summed E-state index contributed by atoms with van der Waals surface area (Å²) in [6, 6.07) is 8.48. The number of carbonyl (C=O) groups excluding carboxylic acids is 1. The van der Waals surface area contributed by atoms with Crippen LogP contribution in [-0.2, 0) is 12.6 Å². The zero-order chi connectivity index (χ0) is 25.2. The fourth-order valence-corrected chi connectivity index (χ4v) is 4.39. The van der Waals surface area contributed by atoms with Crippen LogP contribution in [0.2, 0.25) is 0 Å². The highest BCUT2D eigenvalue weighted by Crippen LogP contribution is 2.35. The molecular formula is C23H20F4N6OS. The first-order valence-corrected chi connectivity index (χ1v) is 11.3. The Bertz CT molecular complexity index is 1360. The molecule has 4 rings (SSSR count). The van der Waals surface area contributed by atoms with Gasteiger partial charge in [-0.1, -0.05) is 29.5 Å². The summed E-state index contributed by atoms with van der Waals surface area (Å²) in [5.74, 6) is -0.990. The van der Waals surface area contributed by atoms with E-state index in [0.29, 0.717) is 32.9 Å². The van der Waals surface area contributed by atoms with Crippen molar-refractivity contribution in [2.75, 3.05) is 18.9 Å². The number of halogens is 4. The molecule has 0 aliphatic heterocycles. The molecule has 1 unspecified atom stereocenters. The van der Waals surface area contributed by atoms with Gasteiger partial charge in [-0.2, -0.15) is 17.6 Å². The lowest BCUT2D eigenvalue weighted by Gasteiger charge is -2.12. The summed E-state index contributed by atoms with van der Waals surface area (Å²) in [5, 5.41) is 7.48. The maximum Gasteiger partial charge on any atom is 0.433 e. The number of alkyl halides is 3. The second-order valence-corrected chi connectivity index (χ2v) is 8.74. The van der Waals surface area contributed by atoms with Gasteiger partial charge in [0.05, 0.1) is 4.88 Å². The van der Waals surface area contributed by atoms with Gasteiger partial charge in [0, 0.05) is 43.5 Å². The van der Waals surface area contributed by atoms with E-state index in [-0.39, 0.29) is 18.1 Å². The molecule has 12 heteroatoms. The van der Waals surface area contributed by atoms with Crippen molar-refractivity contribution in [1.82, 2.24) is 20.3 Å². The van der Waals surface area contributed by atoms with Crippen LogP contribution in [0.15, 0.2) is 48.8 Å². The van der Waals surface area contributed by atoms with E-state index in [2.05, 4.69) is 25.6 Å². The van der Waals surface area contributed by atoms with E-state index in [1.54, 1.807) is 18.2 Å². The maximum absolute atomic E-state index is 13.6. The van der Waals surface area contributed by atoms with Gasteiger partial charge in [-0.05, 0) is 35.1 Å². The third-order valence-corrected chi connectivity index (χ3v) is 6.21. The first-order chi connectivity index (χ1) is 16.6. The summed E-state index contributed by atoms with van der Waals surface area (Å²) >= 11 is 1.24. The molecule has 1 aromatic carbocycles. The number of pyridine rings is 2. The lowest BCUT2D eigenvalue weighted by Crippen LogP contribution is -2.31. The molecular weight excluding hydrogens is 484 g/mol. The van der Waals surface area contributed by atoms with Gasteiger partial charge in [0.15, 0.2) is 5.13 Å². The number of thiazole rings is 1. The van der Waals surface area contributed by atoms with E-state index in [9.17, 15) is 22.4 Å². The van der Waals surface area contributed by atoms with Crippen molar-refractivity contribution in [2.45, 2.75) is 18.6 Å². The van der Waals surface area contributed by atoms with Crippen molar-refractivity contribution in [3.05, 3.63) is 71.7 Å². The van der Waals surface area contributed by atoms with Crippen LogP contribution in [0.25, 0.3) is 21.2 Å². The van der Waals surface area contributed by atoms with E-state index in [1.807, 2.05) is 0 Å². The van der Waals surface area contributed by atoms with Crippen LogP contribution in [0, 0.1) is 5.95 Å². The normalized spacial score (nSPS) is 12.5. The number of carbonyl (C=O) groups is 1. The molecule has 0 spiro atoms. The van der Waals surface area contributed by atoms with Gasteiger partial charge >= 0.3 is 6.18 Å². The van der Waals surface area contributed by atoms with Crippen molar-refractivity contribution >= 4 is 33.1 Å². The van der Waals surface area contributed by atoms with Crippen LogP contribution in [0.3, 0.4) is 0 Å². The Hall–Kier alpha value is -3.64. The number of amides is 1. The average Bonchev–Trinajstić information content (AvgIpc) is 3.26. The van der Waals surface area contributed by atoms with Gasteiger partial charge in [-0.3, -0.25) is 9.78 Å². The second kappa shape index (κ2) is 9.92. The minimum atomic E-state index is -4.50. The molecule has 1 amide bonds. The quantitative estimate of drug-likeness (QED) is 0.257. The molecule has 0 bridgehead atoms. The van der Waals surface area contributed by atoms with Gasteiger partial charge in [0.2, 0.25) is 5.95 Å². The van der Waals surface area contributed by atoms with E-state index in [0.717, 1.165) is 17.6 Å². The van der Waals surface area contributed by atoms with Crippen molar-refractivity contribution in [2.24, 2.45) is 5.73 Å². The van der Waals surface area contributed by atoms with Crippen LogP contribution in [-0.4, -0.2) is 40.5 Å². The number of rotatable bonds is 7. The lowest BCUT2D eigenvalue weighted by atomic mass is 10.1. The third-order valence-electron chi connectivity index (χ3n) is 5.15. The molecule has 3 heterocycles. The summed E-state index contributed by atoms with van der Waals surface area (Å²) in [4.78, 5) is 24.5. The van der Waals surface area contributed by atoms with Crippen molar-refractivity contribution in [3.8, 4) is 10.4 Å². The fourth-order valence-electron chi connectivity index (χ4n) is 3.43. The Balaban J connectivity index is 1.50. The molecule has 4 N–H and O–H groups in total. The minimum absolute atomic E-state index is 0.203. The highest BCUT2D eigenvalue weighted by atomic mass is 32.1. The fraction of sp³-hybridized carbons (Fsp3) is 0.217. The summed E-state index contributed by atoms with van der Waals surface area (Å²) in [5.41, 5.74) is 6.64. The van der Waals surface area contributed by atoms with Gasteiger partial charge in [0.25, 0.3) is 5.91 Å². The topological polar surface area (TPSA) is 106 Å². The Morgan fingerprint density at radius 3 is 2.60 bits per heavy atom. The Labute approximate surface area is 201 Å². The monoisotopic (exact) mass is 504 g/mol. The Morgan fingerprint density at radius 2 is 1.91 bits per heavy atom. The van der Waals surface area contributed by atoms with Crippen LogP contribution in [0.5, 0.6) is 0 Å². The first-order valence-electron chi connectivity index (χ1n) is 10.4. The number of nitrogens with zero attached hydrogens (tertiary/aromatic N) is 3.